The predicted octanol–water partition coefficient (Wildman–Crippen LogP) is 9.99. The number of hydrogen-bond donors (Lipinski definition) is 2. The zero-order chi connectivity index (χ0) is 35.4. The molecular weight excluding hydrogens is 629 g/mol. The van der Waals surface area contributed by atoms with Crippen molar-refractivity contribution in [1.82, 2.24) is 0 Å². The third-order valence-electron chi connectivity index (χ3n) is 7.47. The third kappa shape index (κ3) is 33.9. The Labute approximate surface area is 292 Å². The summed E-state index contributed by atoms with van der Waals surface area (Å²) in [5.74, 6) is -0.899. The fourth-order valence-electron chi connectivity index (χ4n) is 4.68. The molecular formula is C38H68NO8P. The van der Waals surface area contributed by atoms with Crippen LogP contribution in [0.2, 0.25) is 0 Å². The van der Waals surface area contributed by atoms with Crippen LogP contribution in [0.3, 0.4) is 0 Å². The summed E-state index contributed by atoms with van der Waals surface area (Å²) in [5.41, 5.74) is 5.32. The van der Waals surface area contributed by atoms with E-state index in [2.05, 4.69) is 56.4 Å². The Hall–Kier alpha value is -2.03. The Morgan fingerprint density at radius 3 is 1.67 bits per heavy atom. The number of esters is 2. The number of allylic oxidation sites excluding steroid dienone is 8. The zero-order valence-corrected chi connectivity index (χ0v) is 31.1. The molecule has 0 aromatic rings. The van der Waals surface area contributed by atoms with E-state index >= 15 is 0 Å². The van der Waals surface area contributed by atoms with Gasteiger partial charge in [0.2, 0.25) is 0 Å². The number of nitrogens with two attached hydrogens (primary N) is 1. The minimum atomic E-state index is -4.38. The van der Waals surface area contributed by atoms with E-state index in [1.165, 1.54) is 70.6 Å². The number of phosphoric acid groups is 1. The van der Waals surface area contributed by atoms with Crippen LogP contribution in [0.5, 0.6) is 0 Å². The van der Waals surface area contributed by atoms with Crippen LogP contribution in [0.25, 0.3) is 0 Å². The average molecular weight is 698 g/mol. The predicted molar refractivity (Wildman–Crippen MR) is 196 cm³/mol. The lowest BCUT2D eigenvalue weighted by Crippen LogP contribution is -2.29. The molecule has 0 heterocycles. The molecule has 0 spiro atoms. The SMILES string of the molecule is CCCCC/C=C/C/C=C/C/C=C/C/C=C/CCCC(=O)O[C@H](COC(=O)CCCCCCCCCCCC)COP(=O)(O)OCCN. The van der Waals surface area contributed by atoms with E-state index in [9.17, 15) is 19.0 Å². The van der Waals surface area contributed by atoms with Crippen molar-refractivity contribution in [3.8, 4) is 0 Å². The van der Waals surface area contributed by atoms with Crippen LogP contribution < -0.4 is 5.73 Å². The standard InChI is InChI=1S/C38H68NO8P/c1-3-5-7-9-11-13-15-16-17-18-19-20-21-23-25-27-29-31-38(41)47-36(35-46-48(42,43)45-33-32-39)34-44-37(40)30-28-26-24-22-14-12-10-8-6-4-2/h11,13,16-17,19-20,23,25,36H,3-10,12,14-15,18,21-22,24,26-35,39H2,1-2H3,(H,42,43)/b13-11+,17-16+,20-19+,25-23+/t36-/m1/s1. The fourth-order valence-corrected chi connectivity index (χ4v) is 5.45. The van der Waals surface area contributed by atoms with E-state index in [0.29, 0.717) is 12.8 Å². The van der Waals surface area contributed by atoms with E-state index in [1.807, 2.05) is 6.08 Å². The van der Waals surface area contributed by atoms with Crippen LogP contribution in [0.1, 0.15) is 149 Å². The molecule has 10 heteroatoms. The molecule has 0 aliphatic heterocycles. The molecule has 0 radical (unpaired) electrons. The van der Waals surface area contributed by atoms with Crippen LogP contribution in [0.4, 0.5) is 0 Å². The maximum absolute atomic E-state index is 12.5. The van der Waals surface area contributed by atoms with E-state index in [4.69, 9.17) is 24.3 Å². The summed E-state index contributed by atoms with van der Waals surface area (Å²) in [6.45, 7) is 3.60. The molecule has 0 bridgehead atoms. The van der Waals surface area contributed by atoms with E-state index < -0.39 is 32.5 Å². The fraction of sp³-hybridized carbons (Fsp3) is 0.737. The molecule has 0 rings (SSSR count). The van der Waals surface area contributed by atoms with Gasteiger partial charge in [-0.3, -0.25) is 18.6 Å². The summed E-state index contributed by atoms with van der Waals surface area (Å²) < 4.78 is 32.5. The molecule has 278 valence electrons. The van der Waals surface area contributed by atoms with Gasteiger partial charge in [0, 0.05) is 19.4 Å². The van der Waals surface area contributed by atoms with Gasteiger partial charge < -0.3 is 20.1 Å². The van der Waals surface area contributed by atoms with Crippen molar-refractivity contribution in [2.45, 2.75) is 155 Å². The summed E-state index contributed by atoms with van der Waals surface area (Å²) in [4.78, 5) is 34.6. The van der Waals surface area contributed by atoms with Crippen LogP contribution in [0.15, 0.2) is 48.6 Å². The zero-order valence-electron chi connectivity index (χ0n) is 30.2. The minimum Gasteiger partial charge on any atom is -0.462 e. The van der Waals surface area contributed by atoms with Crippen molar-refractivity contribution < 1.29 is 37.6 Å². The van der Waals surface area contributed by atoms with Gasteiger partial charge >= 0.3 is 19.8 Å². The number of ether oxygens (including phenoxy) is 2. The molecule has 0 aliphatic carbocycles. The lowest BCUT2D eigenvalue weighted by molar-refractivity contribution is -0.161. The molecule has 0 saturated heterocycles. The maximum Gasteiger partial charge on any atom is 0.472 e. The Balaban J connectivity index is 4.35. The van der Waals surface area contributed by atoms with Crippen LogP contribution in [-0.4, -0.2) is 49.3 Å². The number of unbranched alkanes of at least 4 members (excludes halogenated alkanes) is 13. The first-order valence-corrected chi connectivity index (χ1v) is 20.1. The highest BCUT2D eigenvalue weighted by molar-refractivity contribution is 7.47. The van der Waals surface area contributed by atoms with Gasteiger partial charge in [0.15, 0.2) is 6.10 Å². The van der Waals surface area contributed by atoms with Crippen LogP contribution in [-0.2, 0) is 32.7 Å². The van der Waals surface area contributed by atoms with Crippen molar-refractivity contribution >= 4 is 19.8 Å². The Morgan fingerprint density at radius 2 is 1.10 bits per heavy atom. The van der Waals surface area contributed by atoms with Gasteiger partial charge in [-0.15, -0.1) is 0 Å². The smallest absolute Gasteiger partial charge is 0.462 e. The maximum atomic E-state index is 12.5. The second kappa shape index (κ2) is 34.8. The average Bonchev–Trinajstić information content (AvgIpc) is 3.07. The summed E-state index contributed by atoms with van der Waals surface area (Å²) in [7, 11) is -4.38. The van der Waals surface area contributed by atoms with Gasteiger partial charge in [0.05, 0.1) is 13.2 Å². The number of carbonyl (C=O) groups is 2. The number of hydrogen-bond acceptors (Lipinski definition) is 8. The molecule has 0 saturated carbocycles. The molecule has 2 atom stereocenters. The first kappa shape index (κ1) is 46.0. The highest BCUT2D eigenvalue weighted by Crippen LogP contribution is 2.43. The second-order valence-corrected chi connectivity index (χ2v) is 13.5. The highest BCUT2D eigenvalue weighted by atomic mass is 31.2. The molecule has 0 amide bonds. The number of carbonyl (C=O) groups excluding carboxylic acids is 2. The third-order valence-corrected chi connectivity index (χ3v) is 8.45. The first-order chi connectivity index (χ1) is 23.3. The van der Waals surface area contributed by atoms with Gasteiger partial charge in [-0.2, -0.15) is 0 Å². The van der Waals surface area contributed by atoms with Crippen molar-refractivity contribution in [2.24, 2.45) is 5.73 Å². The highest BCUT2D eigenvalue weighted by Gasteiger charge is 2.25. The van der Waals surface area contributed by atoms with E-state index in [1.54, 1.807) is 0 Å². The van der Waals surface area contributed by atoms with Crippen molar-refractivity contribution in [1.29, 1.82) is 0 Å². The van der Waals surface area contributed by atoms with Crippen molar-refractivity contribution in [3.63, 3.8) is 0 Å². The molecule has 0 aromatic heterocycles. The molecule has 48 heavy (non-hydrogen) atoms. The van der Waals surface area contributed by atoms with E-state index in [-0.39, 0.29) is 32.6 Å². The quantitative estimate of drug-likeness (QED) is 0.0291. The molecule has 1 unspecified atom stereocenters. The van der Waals surface area contributed by atoms with E-state index in [0.717, 1.165) is 38.5 Å². The Morgan fingerprint density at radius 1 is 0.625 bits per heavy atom. The molecule has 0 fully saturated rings. The molecule has 0 aliphatic rings. The lowest BCUT2D eigenvalue weighted by atomic mass is 10.1. The first-order valence-electron chi connectivity index (χ1n) is 18.6. The summed E-state index contributed by atoms with van der Waals surface area (Å²) in [5, 5.41) is 0. The topological polar surface area (TPSA) is 134 Å². The number of phosphoric ester groups is 1. The van der Waals surface area contributed by atoms with Crippen molar-refractivity contribution in [2.75, 3.05) is 26.4 Å². The summed E-state index contributed by atoms with van der Waals surface area (Å²) >= 11 is 0. The lowest BCUT2D eigenvalue weighted by Gasteiger charge is -2.19. The normalized spacial score (nSPS) is 14.0. The van der Waals surface area contributed by atoms with Gasteiger partial charge in [-0.25, -0.2) is 4.57 Å². The Kier molecular flexibility index (Phi) is 33.3. The Bertz CT molecular complexity index is 934. The van der Waals surface area contributed by atoms with Gasteiger partial charge in [0.25, 0.3) is 0 Å². The summed E-state index contributed by atoms with van der Waals surface area (Å²) in [6.07, 6.45) is 37.2. The van der Waals surface area contributed by atoms with Crippen molar-refractivity contribution in [3.05, 3.63) is 48.6 Å². The van der Waals surface area contributed by atoms with Gasteiger partial charge in [-0.1, -0.05) is 133 Å². The monoisotopic (exact) mass is 697 g/mol. The molecule has 9 nitrogen and oxygen atoms in total. The largest absolute Gasteiger partial charge is 0.472 e. The number of rotatable bonds is 34. The van der Waals surface area contributed by atoms with Gasteiger partial charge in [-0.05, 0) is 51.4 Å². The molecule has 3 N–H and O–H groups in total. The summed E-state index contributed by atoms with van der Waals surface area (Å²) in [6, 6.07) is 0. The van der Waals surface area contributed by atoms with Crippen LogP contribution >= 0.6 is 7.82 Å². The van der Waals surface area contributed by atoms with Gasteiger partial charge in [0.1, 0.15) is 6.61 Å². The van der Waals surface area contributed by atoms with Crippen LogP contribution in [0, 0.1) is 0 Å². The minimum absolute atomic E-state index is 0.0440. The molecule has 0 aromatic carbocycles. The second-order valence-electron chi connectivity index (χ2n) is 12.1.